The molecule has 0 aliphatic carbocycles. The van der Waals surface area contributed by atoms with E-state index in [0.717, 1.165) is 122 Å². The number of aliphatic hydroxyl groups excluding tert-OH is 1. The summed E-state index contributed by atoms with van der Waals surface area (Å²) in [6, 6.07) is 0. The van der Waals surface area contributed by atoms with Crippen LogP contribution < -0.4 is 0 Å². The van der Waals surface area contributed by atoms with Gasteiger partial charge in [0.1, 0.15) is 6.10 Å². The molecule has 0 atom stereocenters. The topological polar surface area (TPSA) is 107 Å². The molecular weight excluding hydrogens is 713 g/mol. The van der Waals surface area contributed by atoms with E-state index in [1.807, 2.05) is 10.9 Å². The second kappa shape index (κ2) is 40.5. The van der Waals surface area contributed by atoms with Crippen molar-refractivity contribution in [2.75, 3.05) is 32.8 Å². The molecular formula is C48H90N4O5. The molecule has 57 heavy (non-hydrogen) atoms. The summed E-state index contributed by atoms with van der Waals surface area (Å²) in [7, 11) is 0. The van der Waals surface area contributed by atoms with E-state index in [0.29, 0.717) is 25.9 Å². The van der Waals surface area contributed by atoms with Crippen molar-refractivity contribution in [3.8, 4) is 0 Å². The second-order valence-corrected chi connectivity index (χ2v) is 16.5. The third-order valence-corrected chi connectivity index (χ3v) is 11.0. The second-order valence-electron chi connectivity index (χ2n) is 16.5. The van der Waals surface area contributed by atoms with Gasteiger partial charge in [0.25, 0.3) is 0 Å². The van der Waals surface area contributed by atoms with Crippen molar-refractivity contribution in [1.29, 1.82) is 0 Å². The zero-order valence-electron chi connectivity index (χ0n) is 37.5. The van der Waals surface area contributed by atoms with Crippen LogP contribution in [0.1, 0.15) is 226 Å². The summed E-state index contributed by atoms with van der Waals surface area (Å²) in [5.41, 5.74) is 0.927. The number of carbonyl (C=O) groups excluding carboxylic acids is 2. The zero-order valence-corrected chi connectivity index (χ0v) is 37.5. The van der Waals surface area contributed by atoms with Gasteiger partial charge in [-0.15, -0.1) is 5.10 Å². The fourth-order valence-electron chi connectivity index (χ4n) is 7.34. The number of ether oxygens (including phenoxy) is 2. The van der Waals surface area contributed by atoms with Crippen LogP contribution in [0.4, 0.5) is 0 Å². The van der Waals surface area contributed by atoms with Crippen molar-refractivity contribution in [1.82, 2.24) is 19.9 Å². The average Bonchev–Trinajstić information content (AvgIpc) is 3.67. The van der Waals surface area contributed by atoms with Crippen molar-refractivity contribution in [2.45, 2.75) is 239 Å². The molecule has 0 aromatic carbocycles. The molecule has 1 aromatic heterocycles. The highest BCUT2D eigenvalue weighted by Crippen LogP contribution is 2.18. The molecule has 1 rings (SSSR count). The predicted octanol–water partition coefficient (Wildman–Crippen LogP) is 12.3. The van der Waals surface area contributed by atoms with E-state index >= 15 is 0 Å². The van der Waals surface area contributed by atoms with Gasteiger partial charge in [-0.05, 0) is 103 Å². The van der Waals surface area contributed by atoms with E-state index in [-0.39, 0.29) is 24.6 Å². The number of carbonyl (C=O) groups is 2. The van der Waals surface area contributed by atoms with Gasteiger partial charge in [0.2, 0.25) is 0 Å². The quantitative estimate of drug-likeness (QED) is 0.0395. The lowest BCUT2D eigenvalue weighted by Gasteiger charge is -2.22. The number of allylic oxidation sites excluding steroid dienone is 2. The predicted molar refractivity (Wildman–Crippen MR) is 237 cm³/mol. The smallest absolute Gasteiger partial charge is 0.306 e. The van der Waals surface area contributed by atoms with E-state index in [1.54, 1.807) is 0 Å². The zero-order chi connectivity index (χ0) is 41.3. The Morgan fingerprint density at radius 1 is 0.649 bits per heavy atom. The first-order valence-electron chi connectivity index (χ1n) is 24.2. The molecule has 9 nitrogen and oxygen atoms in total. The molecule has 9 heteroatoms. The van der Waals surface area contributed by atoms with Crippen LogP contribution in [0.3, 0.4) is 0 Å². The Balaban J connectivity index is 2.38. The van der Waals surface area contributed by atoms with Gasteiger partial charge in [0.15, 0.2) is 0 Å². The molecule has 332 valence electrons. The van der Waals surface area contributed by atoms with Gasteiger partial charge in [-0.1, -0.05) is 141 Å². The highest BCUT2D eigenvalue weighted by Gasteiger charge is 2.15. The van der Waals surface area contributed by atoms with Crippen LogP contribution in [0.5, 0.6) is 0 Å². The van der Waals surface area contributed by atoms with Crippen LogP contribution in [0.2, 0.25) is 0 Å². The molecule has 0 fully saturated rings. The van der Waals surface area contributed by atoms with Crippen molar-refractivity contribution >= 4 is 11.9 Å². The lowest BCUT2D eigenvalue weighted by atomic mass is 10.0. The van der Waals surface area contributed by atoms with Crippen LogP contribution >= 0.6 is 0 Å². The Kier molecular flexibility index (Phi) is 37.5. The summed E-state index contributed by atoms with van der Waals surface area (Å²) in [5.74, 6) is -0.0682. The summed E-state index contributed by atoms with van der Waals surface area (Å²) < 4.78 is 13.5. The summed E-state index contributed by atoms with van der Waals surface area (Å²) in [4.78, 5) is 27.6. The SMILES string of the molecule is CCCCC/C=C\CCCOC(=O)CCCCCN(CCCCCCCC(=O)OC(CCCCCCCC)CCCCCCCC)CCn1cc(CCCO)nn1. The van der Waals surface area contributed by atoms with E-state index in [9.17, 15) is 9.59 Å². The van der Waals surface area contributed by atoms with E-state index in [2.05, 4.69) is 48.1 Å². The number of hydrogen-bond donors (Lipinski definition) is 1. The van der Waals surface area contributed by atoms with Gasteiger partial charge >= 0.3 is 11.9 Å². The number of hydrogen-bond acceptors (Lipinski definition) is 8. The van der Waals surface area contributed by atoms with Gasteiger partial charge < -0.3 is 19.5 Å². The molecule has 1 N–H and O–H groups in total. The summed E-state index contributed by atoms with van der Waals surface area (Å²) in [6.45, 7) is 11.1. The first-order valence-corrected chi connectivity index (χ1v) is 24.2. The first-order chi connectivity index (χ1) is 28.0. The van der Waals surface area contributed by atoms with E-state index in [4.69, 9.17) is 14.6 Å². The lowest BCUT2D eigenvalue weighted by molar-refractivity contribution is -0.150. The maximum absolute atomic E-state index is 12.8. The highest BCUT2D eigenvalue weighted by molar-refractivity contribution is 5.69. The average molecular weight is 803 g/mol. The number of rotatable bonds is 43. The minimum Gasteiger partial charge on any atom is -0.466 e. The van der Waals surface area contributed by atoms with Crippen LogP contribution in [-0.4, -0.2) is 75.9 Å². The molecule has 0 bridgehead atoms. The van der Waals surface area contributed by atoms with Crippen molar-refractivity contribution < 1.29 is 24.2 Å². The minimum atomic E-state index is -0.0728. The number of aliphatic hydroxyl groups is 1. The molecule has 0 spiro atoms. The molecule has 1 aromatic rings. The van der Waals surface area contributed by atoms with Gasteiger partial charge in [-0.25, -0.2) is 0 Å². The summed E-state index contributed by atoms with van der Waals surface area (Å²) in [6.07, 6.45) is 41.5. The molecule has 0 saturated heterocycles. The van der Waals surface area contributed by atoms with Crippen LogP contribution in [0, 0.1) is 0 Å². The molecule has 0 saturated carbocycles. The maximum Gasteiger partial charge on any atom is 0.306 e. The Labute approximate surface area is 350 Å². The number of aryl methyl sites for hydroxylation is 1. The van der Waals surface area contributed by atoms with Crippen molar-refractivity contribution in [3.63, 3.8) is 0 Å². The summed E-state index contributed by atoms with van der Waals surface area (Å²) >= 11 is 0. The lowest BCUT2D eigenvalue weighted by Crippen LogP contribution is -2.30. The highest BCUT2D eigenvalue weighted by atomic mass is 16.5. The number of unbranched alkanes of at least 4 members (excludes halogenated alkanes) is 20. The normalized spacial score (nSPS) is 11.8. The van der Waals surface area contributed by atoms with E-state index in [1.165, 1.54) is 96.3 Å². The molecule has 0 aliphatic rings. The maximum atomic E-state index is 12.8. The van der Waals surface area contributed by atoms with Crippen LogP contribution in [0.25, 0.3) is 0 Å². The van der Waals surface area contributed by atoms with Crippen molar-refractivity contribution in [2.24, 2.45) is 0 Å². The summed E-state index contributed by atoms with van der Waals surface area (Å²) in [5, 5.41) is 17.7. The Hall–Kier alpha value is -2.26. The van der Waals surface area contributed by atoms with Gasteiger partial charge in [0.05, 0.1) is 18.8 Å². The van der Waals surface area contributed by atoms with Crippen LogP contribution in [-0.2, 0) is 32.0 Å². The fraction of sp³-hybridized carbons (Fsp3) is 0.875. The molecule has 0 unspecified atom stereocenters. The number of aromatic nitrogens is 3. The Morgan fingerprint density at radius 3 is 1.81 bits per heavy atom. The van der Waals surface area contributed by atoms with Gasteiger partial charge in [-0.2, -0.15) is 0 Å². The largest absolute Gasteiger partial charge is 0.466 e. The molecule has 0 radical (unpaired) electrons. The fourth-order valence-corrected chi connectivity index (χ4v) is 7.34. The number of esters is 2. The third kappa shape index (κ3) is 34.3. The Bertz CT molecular complexity index is 1050. The monoisotopic (exact) mass is 803 g/mol. The first kappa shape index (κ1) is 52.8. The third-order valence-electron chi connectivity index (χ3n) is 11.0. The van der Waals surface area contributed by atoms with E-state index < -0.39 is 0 Å². The van der Waals surface area contributed by atoms with Crippen LogP contribution in [0.15, 0.2) is 18.3 Å². The minimum absolute atomic E-state index is 0.00459. The molecule has 1 heterocycles. The molecule has 0 amide bonds. The number of nitrogens with zero attached hydrogens (tertiary/aromatic N) is 4. The van der Waals surface area contributed by atoms with Crippen molar-refractivity contribution in [3.05, 3.63) is 24.0 Å². The molecule has 0 aliphatic heterocycles. The standard InChI is InChI=1S/C48H90N4O5/c1-4-7-10-13-16-17-23-31-43-56-47(54)36-28-24-30-39-51(40-41-52-44-45(49-50-52)33-32-42-53)38-29-22-18-21-27-37-48(55)57-46(34-25-19-14-11-8-5-2)35-26-20-15-12-9-6-3/h16-17,44,46,53H,4-15,18-43H2,1-3H3/b17-16-. The Morgan fingerprint density at radius 2 is 1.18 bits per heavy atom. The van der Waals surface area contributed by atoms with Gasteiger partial charge in [0, 0.05) is 32.2 Å². The van der Waals surface area contributed by atoms with Gasteiger partial charge in [-0.3, -0.25) is 14.3 Å².